The molecule has 0 spiro atoms. The molecule has 37 heavy (non-hydrogen) atoms. The highest BCUT2D eigenvalue weighted by molar-refractivity contribution is 5.96. The van der Waals surface area contributed by atoms with Gasteiger partial charge in [0.2, 0.25) is 0 Å². The summed E-state index contributed by atoms with van der Waals surface area (Å²) in [5.41, 5.74) is 5.14. The highest BCUT2D eigenvalue weighted by Crippen LogP contribution is 2.31. The molecule has 0 saturated heterocycles. The van der Waals surface area contributed by atoms with Crippen LogP contribution in [0.1, 0.15) is 24.4 Å². The first-order valence-electron chi connectivity index (χ1n) is 12.2. The van der Waals surface area contributed by atoms with Crippen molar-refractivity contribution in [1.82, 2.24) is 19.5 Å². The van der Waals surface area contributed by atoms with E-state index in [-0.39, 0.29) is 11.6 Å². The van der Waals surface area contributed by atoms with Gasteiger partial charge in [-0.25, -0.2) is 4.98 Å². The van der Waals surface area contributed by atoms with Crippen LogP contribution in [0.4, 0.5) is 5.82 Å². The van der Waals surface area contributed by atoms with Gasteiger partial charge in [0.1, 0.15) is 5.52 Å². The summed E-state index contributed by atoms with van der Waals surface area (Å²) in [5, 5.41) is 6.08. The second-order valence-electron chi connectivity index (χ2n) is 9.10. The minimum absolute atomic E-state index is 0.0681. The third-order valence-corrected chi connectivity index (χ3v) is 6.62. The molecule has 1 atom stereocenters. The van der Waals surface area contributed by atoms with E-state index < -0.39 is 0 Å². The van der Waals surface area contributed by atoms with E-state index in [1.807, 2.05) is 92.7 Å². The molecule has 0 aliphatic rings. The number of para-hydroxylation sites is 1. The predicted octanol–water partition coefficient (Wildman–Crippen LogP) is 6.48. The fourth-order valence-electron chi connectivity index (χ4n) is 4.89. The summed E-state index contributed by atoms with van der Waals surface area (Å²) in [6.07, 6.45) is 5.32. The lowest BCUT2D eigenvalue weighted by molar-refractivity contribution is 0.774. The number of aromatic nitrogens is 4. The standard InChI is InChI=1S/C31H25N5O/c1-20-18-23(14-16-32-20)26-12-6-8-24-19-27(36(31(37)28(24)26)25-10-4-3-5-11-25)21(2)35-30-29-22(13-17-34-30)9-7-15-33-29/h3-19,21H,1-2H3,(H,34,35)/t21-/m0/s1. The van der Waals surface area contributed by atoms with Crippen LogP contribution >= 0.6 is 0 Å². The number of nitrogens with zero attached hydrogens (tertiary/aromatic N) is 4. The molecular formula is C31H25N5O. The van der Waals surface area contributed by atoms with E-state index in [0.29, 0.717) is 11.2 Å². The number of pyridine rings is 4. The van der Waals surface area contributed by atoms with Crippen molar-refractivity contribution >= 4 is 27.5 Å². The molecule has 180 valence electrons. The number of fused-ring (bicyclic) bond motifs is 2. The molecule has 6 heteroatoms. The second-order valence-corrected chi connectivity index (χ2v) is 9.10. The Kier molecular flexibility index (Phi) is 5.69. The molecule has 6 rings (SSSR count). The molecule has 2 aromatic carbocycles. The zero-order chi connectivity index (χ0) is 25.4. The summed E-state index contributed by atoms with van der Waals surface area (Å²) >= 11 is 0. The van der Waals surface area contributed by atoms with Gasteiger partial charge in [0.15, 0.2) is 5.82 Å². The number of nitrogens with one attached hydrogen (secondary N) is 1. The molecule has 0 amide bonds. The monoisotopic (exact) mass is 483 g/mol. The number of hydrogen-bond donors (Lipinski definition) is 1. The molecule has 0 fully saturated rings. The van der Waals surface area contributed by atoms with Crippen molar-refractivity contribution in [2.45, 2.75) is 19.9 Å². The largest absolute Gasteiger partial charge is 0.360 e. The van der Waals surface area contributed by atoms with Gasteiger partial charge in [-0.2, -0.15) is 0 Å². The highest BCUT2D eigenvalue weighted by Gasteiger charge is 2.19. The maximum Gasteiger partial charge on any atom is 0.263 e. The fourth-order valence-corrected chi connectivity index (χ4v) is 4.89. The lowest BCUT2D eigenvalue weighted by Crippen LogP contribution is -2.26. The fraction of sp³-hybridized carbons (Fsp3) is 0.0968. The summed E-state index contributed by atoms with van der Waals surface area (Å²) < 4.78 is 1.80. The molecule has 4 aromatic heterocycles. The first-order valence-corrected chi connectivity index (χ1v) is 12.2. The molecule has 6 aromatic rings. The minimum Gasteiger partial charge on any atom is -0.360 e. The van der Waals surface area contributed by atoms with Crippen LogP contribution in [0.5, 0.6) is 0 Å². The summed E-state index contributed by atoms with van der Waals surface area (Å²) in [6, 6.07) is 27.4. The Bertz CT molecular complexity index is 1810. The summed E-state index contributed by atoms with van der Waals surface area (Å²) in [4.78, 5) is 27.7. The van der Waals surface area contributed by atoms with E-state index in [0.717, 1.165) is 44.5 Å². The topological polar surface area (TPSA) is 72.7 Å². The average molecular weight is 484 g/mol. The zero-order valence-electron chi connectivity index (χ0n) is 20.6. The number of anilines is 1. The third-order valence-electron chi connectivity index (χ3n) is 6.62. The van der Waals surface area contributed by atoms with Gasteiger partial charge < -0.3 is 5.32 Å². The molecule has 0 radical (unpaired) electrons. The molecule has 4 heterocycles. The molecule has 1 N–H and O–H groups in total. The van der Waals surface area contributed by atoms with E-state index in [9.17, 15) is 4.79 Å². The van der Waals surface area contributed by atoms with Crippen molar-refractivity contribution in [1.29, 1.82) is 0 Å². The van der Waals surface area contributed by atoms with E-state index in [4.69, 9.17) is 0 Å². The summed E-state index contributed by atoms with van der Waals surface area (Å²) in [7, 11) is 0. The zero-order valence-corrected chi connectivity index (χ0v) is 20.6. The first kappa shape index (κ1) is 22.6. The van der Waals surface area contributed by atoms with Gasteiger partial charge in [0.25, 0.3) is 5.56 Å². The lowest BCUT2D eigenvalue weighted by atomic mass is 9.98. The van der Waals surface area contributed by atoms with Gasteiger partial charge in [0.05, 0.1) is 11.4 Å². The van der Waals surface area contributed by atoms with Gasteiger partial charge >= 0.3 is 0 Å². The van der Waals surface area contributed by atoms with Crippen molar-refractivity contribution in [3.8, 4) is 16.8 Å². The van der Waals surface area contributed by atoms with Crippen LogP contribution in [0.3, 0.4) is 0 Å². The summed E-state index contributed by atoms with van der Waals surface area (Å²) in [6.45, 7) is 4.00. The number of rotatable bonds is 5. The summed E-state index contributed by atoms with van der Waals surface area (Å²) in [5.74, 6) is 0.679. The number of hydrogen-bond acceptors (Lipinski definition) is 5. The van der Waals surface area contributed by atoms with Gasteiger partial charge in [0, 0.05) is 41.1 Å². The van der Waals surface area contributed by atoms with Crippen LogP contribution in [0.15, 0.2) is 108 Å². The molecule has 0 unspecified atom stereocenters. The Labute approximate surface area is 214 Å². The minimum atomic E-state index is -0.232. The predicted molar refractivity (Wildman–Crippen MR) is 149 cm³/mol. The maximum atomic E-state index is 14.3. The molecule has 0 aliphatic carbocycles. The molecular weight excluding hydrogens is 458 g/mol. The van der Waals surface area contributed by atoms with Crippen LogP contribution in [-0.4, -0.2) is 19.5 Å². The van der Waals surface area contributed by atoms with Crippen molar-refractivity contribution in [2.75, 3.05) is 5.32 Å². The maximum absolute atomic E-state index is 14.3. The van der Waals surface area contributed by atoms with Crippen LogP contribution in [-0.2, 0) is 0 Å². The number of aryl methyl sites for hydroxylation is 1. The third kappa shape index (κ3) is 4.12. The van der Waals surface area contributed by atoms with Gasteiger partial charge in [-0.15, -0.1) is 0 Å². The van der Waals surface area contributed by atoms with Gasteiger partial charge in [-0.1, -0.05) is 42.5 Å². The highest BCUT2D eigenvalue weighted by atomic mass is 16.1. The van der Waals surface area contributed by atoms with Crippen molar-refractivity contribution in [3.05, 3.63) is 125 Å². The van der Waals surface area contributed by atoms with E-state index in [1.54, 1.807) is 23.2 Å². The molecule has 0 bridgehead atoms. The van der Waals surface area contributed by atoms with Crippen molar-refractivity contribution in [3.63, 3.8) is 0 Å². The number of benzene rings is 2. The normalized spacial score (nSPS) is 12.1. The van der Waals surface area contributed by atoms with E-state index in [2.05, 4.69) is 26.3 Å². The van der Waals surface area contributed by atoms with Crippen LogP contribution in [0, 0.1) is 6.92 Å². The van der Waals surface area contributed by atoms with Crippen LogP contribution in [0.25, 0.3) is 38.5 Å². The average Bonchev–Trinajstić information content (AvgIpc) is 2.93. The Morgan fingerprint density at radius 1 is 0.784 bits per heavy atom. The molecule has 0 aliphatic heterocycles. The first-order chi connectivity index (χ1) is 18.1. The smallest absolute Gasteiger partial charge is 0.263 e. The lowest BCUT2D eigenvalue weighted by Gasteiger charge is -2.22. The second kappa shape index (κ2) is 9.32. The molecule has 0 saturated carbocycles. The molecule has 6 nitrogen and oxygen atoms in total. The quantitative estimate of drug-likeness (QED) is 0.304. The van der Waals surface area contributed by atoms with E-state index >= 15 is 0 Å². The Balaban J connectivity index is 1.57. The van der Waals surface area contributed by atoms with Crippen LogP contribution in [0.2, 0.25) is 0 Å². The Hall–Kier alpha value is -4.84. The van der Waals surface area contributed by atoms with Gasteiger partial charge in [-0.05, 0) is 72.8 Å². The van der Waals surface area contributed by atoms with Crippen molar-refractivity contribution in [2.24, 2.45) is 0 Å². The SMILES string of the molecule is Cc1cc(-c2cccc3cc([C@H](C)Nc4nccc5cccnc45)n(-c4ccccc4)c(=O)c23)ccn1. The Morgan fingerprint density at radius 3 is 2.43 bits per heavy atom. The van der Waals surface area contributed by atoms with Crippen LogP contribution < -0.4 is 10.9 Å². The van der Waals surface area contributed by atoms with Gasteiger partial charge in [-0.3, -0.25) is 19.3 Å². The van der Waals surface area contributed by atoms with Crippen molar-refractivity contribution < 1.29 is 0 Å². The Morgan fingerprint density at radius 2 is 1.59 bits per heavy atom. The van der Waals surface area contributed by atoms with E-state index in [1.165, 1.54) is 0 Å².